The van der Waals surface area contributed by atoms with Crippen LogP contribution < -0.4 is 4.90 Å². The highest BCUT2D eigenvalue weighted by molar-refractivity contribution is 5.78. The molecule has 0 spiro atoms. The zero-order chi connectivity index (χ0) is 28.0. The average Bonchev–Trinajstić information content (AvgIpc) is 3.60. The molecule has 0 aliphatic carbocycles. The highest BCUT2D eigenvalue weighted by Crippen LogP contribution is 2.36. The average molecular weight is 525 g/mol. The molecule has 0 aliphatic heterocycles. The maximum absolute atomic E-state index is 2.33. The normalized spacial score (nSPS) is 11.2. The minimum Gasteiger partial charge on any atom is -0.319 e. The van der Waals surface area contributed by atoms with Crippen molar-refractivity contribution in [2.24, 2.45) is 0 Å². The Labute approximate surface area is 237 Å². The third-order valence-corrected chi connectivity index (χ3v) is 7.91. The van der Waals surface area contributed by atoms with E-state index in [9.17, 15) is 0 Å². The molecule has 3 aromatic carbocycles. The van der Waals surface area contributed by atoms with Gasteiger partial charge in [-0.05, 0) is 151 Å². The van der Waals surface area contributed by atoms with Crippen LogP contribution in [0.1, 0.15) is 34.2 Å². The molecule has 0 N–H and O–H groups in total. The molecule has 6 aromatic rings. The summed E-state index contributed by atoms with van der Waals surface area (Å²) in [4.78, 5) is 2.33. The van der Waals surface area contributed by atoms with Gasteiger partial charge in [0.2, 0.25) is 0 Å². The lowest BCUT2D eigenvalue weighted by Crippen LogP contribution is -2.11. The van der Waals surface area contributed by atoms with Crippen molar-refractivity contribution in [1.29, 1.82) is 0 Å². The molecule has 0 radical (unpaired) electrons. The molecule has 3 heterocycles. The number of hydrogen-bond acceptors (Lipinski definition) is 1. The summed E-state index contributed by atoms with van der Waals surface area (Å²) in [5.74, 6) is 0. The Balaban J connectivity index is 1.42. The molecule has 0 amide bonds. The standard InChI is InChI=1S/C36H36N4/c1-25-7-8-26(2)37(25)31-13-19-34(20-14-31)40(35-21-15-32(16-22-35)38-27(3)9-10-28(38)4)36-23-17-33(18-24-36)39-29(5)11-12-30(39)6/h7-24H,1-6H3. The van der Waals surface area contributed by atoms with Crippen molar-refractivity contribution >= 4 is 17.1 Å². The van der Waals surface area contributed by atoms with E-state index >= 15 is 0 Å². The summed E-state index contributed by atoms with van der Waals surface area (Å²) in [5, 5.41) is 0. The van der Waals surface area contributed by atoms with Crippen LogP contribution in [-0.4, -0.2) is 13.7 Å². The molecule has 4 nitrogen and oxygen atoms in total. The second kappa shape index (κ2) is 10.1. The maximum Gasteiger partial charge on any atom is 0.0463 e. The first-order chi connectivity index (χ1) is 19.3. The lowest BCUT2D eigenvalue weighted by atomic mass is 10.1. The van der Waals surface area contributed by atoms with Crippen molar-refractivity contribution in [2.45, 2.75) is 41.5 Å². The van der Waals surface area contributed by atoms with Gasteiger partial charge < -0.3 is 18.6 Å². The van der Waals surface area contributed by atoms with Crippen LogP contribution in [0, 0.1) is 41.5 Å². The Kier molecular flexibility index (Phi) is 6.47. The fraction of sp³-hybridized carbons (Fsp3) is 0.167. The number of aromatic nitrogens is 3. The van der Waals surface area contributed by atoms with E-state index in [4.69, 9.17) is 0 Å². The van der Waals surface area contributed by atoms with Gasteiger partial charge in [0.25, 0.3) is 0 Å². The van der Waals surface area contributed by atoms with Crippen LogP contribution in [0.2, 0.25) is 0 Å². The lowest BCUT2D eigenvalue weighted by Gasteiger charge is -2.26. The Morgan fingerprint density at radius 1 is 0.300 bits per heavy atom. The molecular formula is C36H36N4. The Bertz CT molecular complexity index is 1500. The Morgan fingerprint density at radius 2 is 0.500 bits per heavy atom. The molecule has 3 aromatic heterocycles. The van der Waals surface area contributed by atoms with E-state index in [1.165, 1.54) is 51.2 Å². The summed E-state index contributed by atoms with van der Waals surface area (Å²) in [5.41, 5.74) is 14.3. The third-order valence-electron chi connectivity index (χ3n) is 7.91. The van der Waals surface area contributed by atoms with Crippen molar-refractivity contribution in [3.05, 3.63) is 143 Å². The number of benzene rings is 3. The van der Waals surface area contributed by atoms with Gasteiger partial charge in [-0.1, -0.05) is 0 Å². The van der Waals surface area contributed by atoms with Crippen molar-refractivity contribution < 1.29 is 0 Å². The van der Waals surface area contributed by atoms with Crippen LogP contribution in [0.3, 0.4) is 0 Å². The van der Waals surface area contributed by atoms with Crippen LogP contribution >= 0.6 is 0 Å². The van der Waals surface area contributed by atoms with Crippen molar-refractivity contribution in [3.8, 4) is 17.1 Å². The second-order valence-corrected chi connectivity index (χ2v) is 10.7. The molecule has 4 heteroatoms. The van der Waals surface area contributed by atoms with Crippen LogP contribution in [-0.2, 0) is 0 Å². The van der Waals surface area contributed by atoms with Gasteiger partial charge in [0.15, 0.2) is 0 Å². The molecule has 6 rings (SSSR count). The molecular weight excluding hydrogens is 488 g/mol. The monoisotopic (exact) mass is 524 g/mol. The van der Waals surface area contributed by atoms with Gasteiger partial charge in [-0.15, -0.1) is 0 Å². The third kappa shape index (κ3) is 4.46. The first-order valence-electron chi connectivity index (χ1n) is 13.9. The van der Waals surface area contributed by atoms with Gasteiger partial charge in [-0.2, -0.15) is 0 Å². The molecule has 0 saturated heterocycles. The second-order valence-electron chi connectivity index (χ2n) is 10.7. The number of anilines is 3. The molecule has 0 aliphatic rings. The number of rotatable bonds is 6. The summed E-state index contributed by atoms with van der Waals surface area (Å²) in [6.45, 7) is 12.9. The summed E-state index contributed by atoms with van der Waals surface area (Å²) in [6.07, 6.45) is 0. The van der Waals surface area contributed by atoms with E-state index in [1.54, 1.807) is 0 Å². The molecule has 0 atom stereocenters. The zero-order valence-corrected chi connectivity index (χ0v) is 24.2. The van der Waals surface area contributed by atoms with Crippen LogP contribution in [0.25, 0.3) is 17.1 Å². The molecule has 0 saturated carbocycles. The van der Waals surface area contributed by atoms with E-state index < -0.39 is 0 Å². The van der Waals surface area contributed by atoms with E-state index in [2.05, 4.69) is 169 Å². The van der Waals surface area contributed by atoms with Crippen LogP contribution in [0.4, 0.5) is 17.1 Å². The first-order valence-corrected chi connectivity index (χ1v) is 13.9. The van der Waals surface area contributed by atoms with Gasteiger partial charge in [-0.25, -0.2) is 0 Å². The highest BCUT2D eigenvalue weighted by Gasteiger charge is 2.15. The Morgan fingerprint density at radius 3 is 0.700 bits per heavy atom. The lowest BCUT2D eigenvalue weighted by molar-refractivity contribution is 0.964. The number of nitrogens with zero attached hydrogens (tertiary/aromatic N) is 4. The molecule has 40 heavy (non-hydrogen) atoms. The summed E-state index contributed by atoms with van der Waals surface area (Å²) in [7, 11) is 0. The van der Waals surface area contributed by atoms with Gasteiger partial charge in [-0.3, -0.25) is 0 Å². The Hall–Kier alpha value is -4.70. The minimum absolute atomic E-state index is 1.12. The summed E-state index contributed by atoms with van der Waals surface area (Å²) < 4.78 is 6.88. The van der Waals surface area contributed by atoms with E-state index in [0.29, 0.717) is 0 Å². The summed E-state index contributed by atoms with van der Waals surface area (Å²) >= 11 is 0. The van der Waals surface area contributed by atoms with Crippen molar-refractivity contribution in [2.75, 3.05) is 4.90 Å². The minimum atomic E-state index is 1.12. The predicted octanol–water partition coefficient (Wildman–Crippen LogP) is 9.38. The quantitative estimate of drug-likeness (QED) is 0.212. The van der Waals surface area contributed by atoms with E-state index in [-0.39, 0.29) is 0 Å². The van der Waals surface area contributed by atoms with Crippen LogP contribution in [0.15, 0.2) is 109 Å². The summed E-state index contributed by atoms with van der Waals surface area (Å²) in [6, 6.07) is 39.6. The van der Waals surface area contributed by atoms with Crippen LogP contribution in [0.5, 0.6) is 0 Å². The van der Waals surface area contributed by atoms with Gasteiger partial charge in [0.05, 0.1) is 0 Å². The molecule has 0 fully saturated rings. The van der Waals surface area contributed by atoms with Gasteiger partial charge in [0.1, 0.15) is 0 Å². The van der Waals surface area contributed by atoms with Crippen molar-refractivity contribution in [1.82, 2.24) is 13.7 Å². The smallest absolute Gasteiger partial charge is 0.0463 e. The largest absolute Gasteiger partial charge is 0.319 e. The first kappa shape index (κ1) is 25.6. The predicted molar refractivity (Wildman–Crippen MR) is 168 cm³/mol. The van der Waals surface area contributed by atoms with E-state index in [0.717, 1.165) is 17.1 Å². The number of aryl methyl sites for hydroxylation is 6. The fourth-order valence-corrected chi connectivity index (χ4v) is 5.93. The SMILES string of the molecule is Cc1ccc(C)n1-c1ccc(N(c2ccc(-n3c(C)ccc3C)cc2)c2ccc(-n3c(C)ccc3C)cc2)cc1. The topological polar surface area (TPSA) is 18.0 Å². The fourth-order valence-electron chi connectivity index (χ4n) is 5.93. The van der Waals surface area contributed by atoms with Crippen molar-refractivity contribution in [3.63, 3.8) is 0 Å². The maximum atomic E-state index is 2.33. The molecule has 0 bridgehead atoms. The molecule has 0 unspecified atom stereocenters. The highest BCUT2D eigenvalue weighted by atomic mass is 15.1. The number of hydrogen-bond donors (Lipinski definition) is 0. The van der Waals surface area contributed by atoms with Gasteiger partial charge >= 0.3 is 0 Å². The van der Waals surface area contributed by atoms with E-state index in [1.807, 2.05) is 0 Å². The molecule has 200 valence electrons. The zero-order valence-electron chi connectivity index (χ0n) is 24.2. The van der Waals surface area contributed by atoms with Gasteiger partial charge in [0, 0.05) is 68.3 Å².